The summed E-state index contributed by atoms with van der Waals surface area (Å²) in [5.74, 6) is -15.2. The first-order chi connectivity index (χ1) is 18.0. The number of phenolic OH excluding ortho intramolecular Hbond substituents is 3. The molecule has 17 heteroatoms. The Balaban J connectivity index is 2.12. The summed E-state index contributed by atoms with van der Waals surface area (Å²) in [6.45, 7) is -0.568. The molecule has 0 bridgehead atoms. The number of aromatic hydroxyl groups is 3. The second kappa shape index (κ2) is 11.0. The number of aliphatic hydroxyl groups excluding tert-OH is 1. The zero-order valence-corrected chi connectivity index (χ0v) is 20.7. The average Bonchev–Trinajstić information content (AvgIpc) is 2.86. The molecule has 1 aliphatic heterocycles. The maximum Gasteiger partial charge on any atom is 0.409 e. The van der Waals surface area contributed by atoms with Gasteiger partial charge in [0.15, 0.2) is 11.5 Å². The summed E-state index contributed by atoms with van der Waals surface area (Å²) < 4.78 is 15.3. The summed E-state index contributed by atoms with van der Waals surface area (Å²) in [5, 5.41) is 111. The number of halogens is 1. The quantitative estimate of drug-likeness (QED) is 0.0680. The predicted octanol–water partition coefficient (Wildman–Crippen LogP) is -1.74. The van der Waals surface area contributed by atoms with Crippen LogP contribution in [0.3, 0.4) is 0 Å². The van der Waals surface area contributed by atoms with Crippen molar-refractivity contribution in [3.8, 4) is 23.0 Å². The average molecular weight is 580 g/mol. The van der Waals surface area contributed by atoms with Crippen molar-refractivity contribution in [3.05, 3.63) is 50.9 Å². The molecule has 1 saturated heterocycles. The van der Waals surface area contributed by atoms with Crippen LogP contribution in [-0.4, -0.2) is 100 Å². The van der Waals surface area contributed by atoms with E-state index in [1.54, 1.807) is 0 Å². The van der Waals surface area contributed by atoms with Crippen LogP contribution >= 0.6 is 11.6 Å². The molecule has 0 spiro atoms. The molecule has 0 aromatic heterocycles. The van der Waals surface area contributed by atoms with Crippen LogP contribution in [0.4, 0.5) is 0 Å². The SMILES string of the molecule is COC1CC(CO)OC(c2c(O)c(O)c(Cl)c(C(O)(O)c3ccc(OC(O)(O)C(O)(O)O)cc3)c2O)C1N=O. The van der Waals surface area contributed by atoms with Gasteiger partial charge in [-0.3, -0.25) is 0 Å². The first-order valence-corrected chi connectivity index (χ1v) is 11.3. The van der Waals surface area contributed by atoms with Crippen molar-refractivity contribution in [1.82, 2.24) is 0 Å². The van der Waals surface area contributed by atoms with Crippen molar-refractivity contribution < 1.29 is 70.4 Å². The van der Waals surface area contributed by atoms with E-state index in [1.165, 1.54) is 7.11 Å². The lowest BCUT2D eigenvalue weighted by molar-refractivity contribution is -0.502. The molecule has 0 aliphatic carbocycles. The third-order valence-electron chi connectivity index (χ3n) is 6.14. The van der Waals surface area contributed by atoms with Crippen LogP contribution < -0.4 is 4.74 Å². The Labute approximate surface area is 223 Å². The molecule has 1 aliphatic rings. The van der Waals surface area contributed by atoms with Gasteiger partial charge in [-0.25, -0.2) is 0 Å². The lowest BCUT2D eigenvalue weighted by Gasteiger charge is -2.38. The molecular formula is C22H26ClNO15. The van der Waals surface area contributed by atoms with Crippen molar-refractivity contribution in [1.29, 1.82) is 0 Å². The van der Waals surface area contributed by atoms with Crippen molar-refractivity contribution in [3.63, 3.8) is 0 Å². The molecule has 2 aromatic carbocycles. The number of benzene rings is 2. The normalized spacial score (nSPS) is 22.5. The number of aliphatic hydroxyl groups is 8. The van der Waals surface area contributed by atoms with Gasteiger partial charge < -0.3 is 70.4 Å². The Hall–Kier alpha value is -2.87. The summed E-state index contributed by atoms with van der Waals surface area (Å²) in [6, 6.07) is 1.99. The molecule has 16 nitrogen and oxygen atoms in total. The Morgan fingerprint density at radius 3 is 2.08 bits per heavy atom. The maximum absolute atomic E-state index is 11.7. The van der Waals surface area contributed by atoms with E-state index in [4.69, 9.17) is 36.4 Å². The number of hydrogen-bond donors (Lipinski definition) is 11. The summed E-state index contributed by atoms with van der Waals surface area (Å²) >= 11 is 6.05. The van der Waals surface area contributed by atoms with Gasteiger partial charge in [-0.2, -0.15) is 4.91 Å². The van der Waals surface area contributed by atoms with E-state index in [9.17, 15) is 45.8 Å². The van der Waals surface area contributed by atoms with Crippen molar-refractivity contribution in [2.75, 3.05) is 13.7 Å². The van der Waals surface area contributed by atoms with Crippen LogP contribution in [0.5, 0.6) is 23.0 Å². The Morgan fingerprint density at radius 2 is 1.59 bits per heavy atom. The molecule has 1 heterocycles. The summed E-state index contributed by atoms with van der Waals surface area (Å²) in [7, 11) is 1.24. The fourth-order valence-electron chi connectivity index (χ4n) is 4.07. The Morgan fingerprint density at radius 1 is 1.00 bits per heavy atom. The molecule has 39 heavy (non-hydrogen) atoms. The third-order valence-corrected chi connectivity index (χ3v) is 6.51. The first kappa shape index (κ1) is 30.7. The van der Waals surface area contributed by atoms with Gasteiger partial charge in [-0.05, 0) is 24.3 Å². The highest BCUT2D eigenvalue weighted by Crippen LogP contribution is 2.54. The van der Waals surface area contributed by atoms with Gasteiger partial charge in [0.05, 0.1) is 35.0 Å². The lowest BCUT2D eigenvalue weighted by Crippen LogP contribution is -2.58. The van der Waals surface area contributed by atoms with Gasteiger partial charge in [0, 0.05) is 19.1 Å². The van der Waals surface area contributed by atoms with Gasteiger partial charge >= 0.3 is 11.9 Å². The Kier molecular flexibility index (Phi) is 8.61. The molecule has 3 rings (SSSR count). The van der Waals surface area contributed by atoms with E-state index in [0.717, 1.165) is 24.3 Å². The zero-order chi connectivity index (χ0) is 29.5. The van der Waals surface area contributed by atoms with Crippen LogP contribution in [0.2, 0.25) is 5.02 Å². The molecule has 4 atom stereocenters. The Bertz CT molecular complexity index is 1200. The molecule has 0 amide bonds. The third kappa shape index (κ3) is 5.58. The van der Waals surface area contributed by atoms with E-state index < -0.39 is 93.4 Å². The molecule has 216 valence electrons. The van der Waals surface area contributed by atoms with Gasteiger partial charge in [0.25, 0.3) is 0 Å². The summed E-state index contributed by atoms with van der Waals surface area (Å²) in [6.07, 6.45) is -3.61. The zero-order valence-electron chi connectivity index (χ0n) is 19.9. The predicted molar refractivity (Wildman–Crippen MR) is 125 cm³/mol. The van der Waals surface area contributed by atoms with Gasteiger partial charge in [-0.1, -0.05) is 16.8 Å². The number of nitrogens with zero attached hydrogens (tertiary/aromatic N) is 1. The number of phenols is 3. The minimum atomic E-state index is -4.10. The highest BCUT2D eigenvalue weighted by atomic mass is 35.5. The first-order valence-electron chi connectivity index (χ1n) is 11.0. The lowest BCUT2D eigenvalue weighted by atomic mass is 9.87. The molecule has 1 fully saturated rings. The monoisotopic (exact) mass is 579 g/mol. The maximum atomic E-state index is 11.7. The minimum absolute atomic E-state index is 0.000847. The topological polar surface area (TPSA) is 280 Å². The van der Waals surface area contributed by atoms with E-state index in [2.05, 4.69) is 9.91 Å². The van der Waals surface area contributed by atoms with Crippen LogP contribution in [-0.2, 0) is 15.3 Å². The van der Waals surface area contributed by atoms with Crippen LogP contribution in [0.1, 0.15) is 29.2 Å². The van der Waals surface area contributed by atoms with Crippen molar-refractivity contribution in [2.45, 2.75) is 48.5 Å². The minimum Gasteiger partial charge on any atom is -0.507 e. The van der Waals surface area contributed by atoms with E-state index in [-0.39, 0.29) is 6.42 Å². The fraction of sp³-hybridized carbons (Fsp3) is 0.455. The molecule has 0 saturated carbocycles. The van der Waals surface area contributed by atoms with E-state index in [1.807, 2.05) is 0 Å². The molecule has 2 aromatic rings. The summed E-state index contributed by atoms with van der Waals surface area (Å²) in [4.78, 5) is 11.7. The van der Waals surface area contributed by atoms with Crippen LogP contribution in [0.25, 0.3) is 0 Å². The standard InChI is InChI=1S/C22H26ClNO15/c1-37-11-6-10(7-25)38-19(15(11)24-36)12-16(26)13(14(23)18(28)17(12)27)20(29,30)8-2-4-9(5-3-8)39-22(34,35)21(31,32)33/h2-5,10-11,15,19,25-35H,6-7H2,1H3. The molecule has 11 N–H and O–H groups in total. The van der Waals surface area contributed by atoms with Crippen LogP contribution in [0.15, 0.2) is 29.4 Å². The van der Waals surface area contributed by atoms with E-state index in [0.29, 0.717) is 0 Å². The summed E-state index contributed by atoms with van der Waals surface area (Å²) in [5.41, 5.74) is -2.22. The number of nitroso groups, excluding NO2 is 1. The van der Waals surface area contributed by atoms with Gasteiger partial charge in [0.2, 0.25) is 5.79 Å². The highest BCUT2D eigenvalue weighted by Gasteiger charge is 2.50. The number of hydrogen-bond acceptors (Lipinski definition) is 16. The van der Waals surface area contributed by atoms with E-state index >= 15 is 0 Å². The van der Waals surface area contributed by atoms with Crippen molar-refractivity contribution in [2.24, 2.45) is 5.18 Å². The van der Waals surface area contributed by atoms with Crippen molar-refractivity contribution >= 4 is 11.6 Å². The number of methoxy groups -OCH3 is 1. The number of ether oxygens (including phenoxy) is 3. The molecular weight excluding hydrogens is 554 g/mol. The fourth-order valence-corrected chi connectivity index (χ4v) is 4.38. The highest BCUT2D eigenvalue weighted by molar-refractivity contribution is 6.33. The smallest absolute Gasteiger partial charge is 0.409 e. The van der Waals surface area contributed by atoms with Crippen LogP contribution in [0, 0.1) is 4.91 Å². The van der Waals surface area contributed by atoms with Gasteiger partial charge in [-0.15, -0.1) is 0 Å². The molecule has 0 radical (unpaired) electrons. The largest absolute Gasteiger partial charge is 0.507 e. The second-order valence-corrected chi connectivity index (χ2v) is 9.04. The van der Waals surface area contributed by atoms with Gasteiger partial charge in [0.1, 0.15) is 23.6 Å². The number of rotatable bonds is 9. The second-order valence-electron chi connectivity index (χ2n) is 8.66. The molecule has 4 unspecified atom stereocenters.